The van der Waals surface area contributed by atoms with Crippen molar-refractivity contribution in [3.63, 3.8) is 0 Å². The Kier molecular flexibility index (Phi) is 7.10. The number of aromatic nitrogens is 2. The summed E-state index contributed by atoms with van der Waals surface area (Å²) in [5, 5.41) is 6.16. The van der Waals surface area contributed by atoms with Crippen molar-refractivity contribution in [2.75, 3.05) is 36.4 Å². The average molecular weight is 319 g/mol. The Hall–Kier alpha value is -1.85. The van der Waals surface area contributed by atoms with Crippen molar-refractivity contribution in [2.24, 2.45) is 5.92 Å². The smallest absolute Gasteiger partial charge is 0.224 e. The molecule has 0 radical (unpaired) electrons. The van der Waals surface area contributed by atoms with Crippen molar-refractivity contribution in [2.45, 2.75) is 46.0 Å². The third kappa shape index (κ3) is 5.69. The molecule has 0 bridgehead atoms. The predicted molar refractivity (Wildman–Crippen MR) is 93.7 cm³/mol. The molecule has 1 amide bonds. The van der Waals surface area contributed by atoms with Gasteiger partial charge in [-0.1, -0.05) is 13.3 Å². The van der Waals surface area contributed by atoms with E-state index in [1.165, 1.54) is 0 Å². The van der Waals surface area contributed by atoms with Gasteiger partial charge in [-0.15, -0.1) is 0 Å². The standard InChI is InChI=1S/C17H29N5O/c1-3-5-9-19-16(23)13-14-7-11-22(12-8-14)15-6-10-20-17(21-15)18-4-2/h6,10,14H,3-5,7-9,11-13H2,1-2H3,(H,19,23)(H,18,20,21). The van der Waals surface area contributed by atoms with Gasteiger partial charge in [-0.05, 0) is 38.2 Å². The number of unbranched alkanes of at least 4 members (excludes halogenated alkanes) is 1. The van der Waals surface area contributed by atoms with Crippen molar-refractivity contribution in [1.82, 2.24) is 15.3 Å². The molecule has 6 heteroatoms. The molecule has 1 saturated heterocycles. The lowest BCUT2D eigenvalue weighted by Crippen LogP contribution is -2.36. The summed E-state index contributed by atoms with van der Waals surface area (Å²) in [7, 11) is 0. The normalized spacial score (nSPS) is 15.5. The molecule has 0 aromatic carbocycles. The maximum absolute atomic E-state index is 11.9. The van der Waals surface area contributed by atoms with E-state index in [2.05, 4.69) is 32.4 Å². The second-order valence-corrected chi connectivity index (χ2v) is 6.11. The van der Waals surface area contributed by atoms with Crippen LogP contribution in [-0.2, 0) is 4.79 Å². The van der Waals surface area contributed by atoms with E-state index in [0.29, 0.717) is 18.3 Å². The maximum Gasteiger partial charge on any atom is 0.224 e. The molecule has 0 atom stereocenters. The summed E-state index contributed by atoms with van der Waals surface area (Å²) in [6, 6.07) is 1.96. The monoisotopic (exact) mass is 319 g/mol. The lowest BCUT2D eigenvalue weighted by atomic mass is 9.93. The van der Waals surface area contributed by atoms with Gasteiger partial charge in [0.1, 0.15) is 5.82 Å². The summed E-state index contributed by atoms with van der Waals surface area (Å²) in [5.74, 6) is 2.35. The van der Waals surface area contributed by atoms with Crippen molar-refractivity contribution >= 4 is 17.7 Å². The number of carbonyl (C=O) groups excluding carboxylic acids is 1. The van der Waals surface area contributed by atoms with Crippen LogP contribution >= 0.6 is 0 Å². The van der Waals surface area contributed by atoms with E-state index in [1.54, 1.807) is 6.20 Å². The number of nitrogens with zero attached hydrogens (tertiary/aromatic N) is 3. The molecule has 2 N–H and O–H groups in total. The molecule has 0 spiro atoms. The van der Waals surface area contributed by atoms with Crippen LogP contribution in [0.2, 0.25) is 0 Å². The van der Waals surface area contributed by atoms with Crippen LogP contribution in [0, 0.1) is 5.92 Å². The third-order valence-corrected chi connectivity index (χ3v) is 4.24. The highest BCUT2D eigenvalue weighted by atomic mass is 16.1. The van der Waals surface area contributed by atoms with Gasteiger partial charge in [0.2, 0.25) is 11.9 Å². The average Bonchev–Trinajstić information content (AvgIpc) is 2.56. The van der Waals surface area contributed by atoms with Gasteiger partial charge < -0.3 is 15.5 Å². The van der Waals surface area contributed by atoms with Gasteiger partial charge in [-0.25, -0.2) is 4.98 Å². The molecule has 1 aromatic rings. The molecule has 1 aromatic heterocycles. The second kappa shape index (κ2) is 9.33. The zero-order chi connectivity index (χ0) is 16.5. The molecular formula is C17H29N5O. The van der Waals surface area contributed by atoms with E-state index in [4.69, 9.17) is 0 Å². The van der Waals surface area contributed by atoms with Crippen molar-refractivity contribution in [3.05, 3.63) is 12.3 Å². The molecule has 1 aliphatic rings. The van der Waals surface area contributed by atoms with Gasteiger partial charge in [0.25, 0.3) is 0 Å². The van der Waals surface area contributed by atoms with Gasteiger partial charge >= 0.3 is 0 Å². The highest BCUT2D eigenvalue weighted by Gasteiger charge is 2.22. The fourth-order valence-electron chi connectivity index (χ4n) is 2.87. The Labute approximate surface area is 139 Å². The number of carbonyl (C=O) groups is 1. The van der Waals surface area contributed by atoms with Crippen LogP contribution in [0.1, 0.15) is 46.0 Å². The van der Waals surface area contributed by atoms with Gasteiger partial charge in [0, 0.05) is 38.8 Å². The minimum absolute atomic E-state index is 0.202. The molecule has 6 nitrogen and oxygen atoms in total. The molecule has 1 fully saturated rings. The number of hydrogen-bond donors (Lipinski definition) is 2. The first-order chi connectivity index (χ1) is 11.2. The van der Waals surface area contributed by atoms with Crippen molar-refractivity contribution in [1.29, 1.82) is 0 Å². The Balaban J connectivity index is 1.77. The second-order valence-electron chi connectivity index (χ2n) is 6.11. The van der Waals surface area contributed by atoms with Crippen LogP contribution in [0.5, 0.6) is 0 Å². The maximum atomic E-state index is 11.9. The Bertz CT molecular complexity index is 486. The van der Waals surface area contributed by atoms with Crippen LogP contribution in [0.25, 0.3) is 0 Å². The number of piperidine rings is 1. The van der Waals surface area contributed by atoms with Crippen LogP contribution in [0.3, 0.4) is 0 Å². The quantitative estimate of drug-likeness (QED) is 0.720. The fraction of sp³-hybridized carbons (Fsp3) is 0.706. The summed E-state index contributed by atoms with van der Waals surface area (Å²) in [5.41, 5.74) is 0. The minimum atomic E-state index is 0.202. The zero-order valence-electron chi connectivity index (χ0n) is 14.3. The van der Waals surface area contributed by atoms with E-state index in [-0.39, 0.29) is 5.91 Å². The minimum Gasteiger partial charge on any atom is -0.356 e. The van der Waals surface area contributed by atoms with Crippen LogP contribution < -0.4 is 15.5 Å². The first-order valence-electron chi connectivity index (χ1n) is 8.81. The van der Waals surface area contributed by atoms with Crippen LogP contribution in [-0.4, -0.2) is 42.1 Å². The summed E-state index contributed by atoms with van der Waals surface area (Å²) in [6.45, 7) is 7.70. The van der Waals surface area contributed by atoms with E-state index >= 15 is 0 Å². The van der Waals surface area contributed by atoms with E-state index in [9.17, 15) is 4.79 Å². The van der Waals surface area contributed by atoms with Gasteiger partial charge in [-0.2, -0.15) is 4.98 Å². The molecule has 0 saturated carbocycles. The first-order valence-corrected chi connectivity index (χ1v) is 8.81. The van der Waals surface area contributed by atoms with E-state index < -0.39 is 0 Å². The Morgan fingerprint density at radius 2 is 2.13 bits per heavy atom. The van der Waals surface area contributed by atoms with Crippen molar-refractivity contribution in [3.8, 4) is 0 Å². The fourth-order valence-corrected chi connectivity index (χ4v) is 2.87. The highest BCUT2D eigenvalue weighted by Crippen LogP contribution is 2.24. The molecule has 128 valence electrons. The molecular weight excluding hydrogens is 290 g/mol. The van der Waals surface area contributed by atoms with Gasteiger partial charge in [-0.3, -0.25) is 4.79 Å². The highest BCUT2D eigenvalue weighted by molar-refractivity contribution is 5.76. The predicted octanol–water partition coefficient (Wildman–Crippen LogP) is 2.43. The molecule has 2 heterocycles. The van der Waals surface area contributed by atoms with Crippen LogP contribution in [0.4, 0.5) is 11.8 Å². The van der Waals surface area contributed by atoms with Crippen molar-refractivity contribution < 1.29 is 4.79 Å². The lowest BCUT2D eigenvalue weighted by molar-refractivity contribution is -0.122. The number of hydrogen-bond acceptors (Lipinski definition) is 5. The summed E-state index contributed by atoms with van der Waals surface area (Å²) < 4.78 is 0. The van der Waals surface area contributed by atoms with Crippen LogP contribution in [0.15, 0.2) is 12.3 Å². The first kappa shape index (κ1) is 17.5. The molecule has 23 heavy (non-hydrogen) atoms. The number of rotatable bonds is 8. The lowest BCUT2D eigenvalue weighted by Gasteiger charge is -2.32. The third-order valence-electron chi connectivity index (χ3n) is 4.24. The topological polar surface area (TPSA) is 70.2 Å². The number of amides is 1. The molecule has 2 rings (SSSR count). The number of anilines is 2. The zero-order valence-corrected chi connectivity index (χ0v) is 14.3. The number of nitrogens with one attached hydrogen (secondary N) is 2. The Morgan fingerprint density at radius 3 is 2.83 bits per heavy atom. The van der Waals surface area contributed by atoms with E-state index in [1.807, 2.05) is 13.0 Å². The largest absolute Gasteiger partial charge is 0.356 e. The van der Waals surface area contributed by atoms with E-state index in [0.717, 1.165) is 57.7 Å². The van der Waals surface area contributed by atoms with Gasteiger partial charge in [0.05, 0.1) is 0 Å². The summed E-state index contributed by atoms with van der Waals surface area (Å²) in [4.78, 5) is 22.9. The van der Waals surface area contributed by atoms with Gasteiger partial charge in [0.15, 0.2) is 0 Å². The SMILES string of the molecule is CCCCNC(=O)CC1CCN(c2ccnc(NCC)n2)CC1. The Morgan fingerprint density at radius 1 is 1.35 bits per heavy atom. The summed E-state index contributed by atoms with van der Waals surface area (Å²) in [6.07, 6.45) is 6.72. The molecule has 0 unspecified atom stereocenters. The molecule has 1 aliphatic heterocycles. The summed E-state index contributed by atoms with van der Waals surface area (Å²) >= 11 is 0. The molecule has 0 aliphatic carbocycles.